The van der Waals surface area contributed by atoms with Crippen molar-refractivity contribution >= 4 is 21.9 Å². The van der Waals surface area contributed by atoms with E-state index in [1.54, 1.807) is 6.20 Å². The van der Waals surface area contributed by atoms with E-state index in [4.69, 9.17) is 4.42 Å². The van der Waals surface area contributed by atoms with Crippen LogP contribution in [0, 0.1) is 6.07 Å². The Morgan fingerprint density at radius 3 is 2.89 bits per heavy atom. The fourth-order valence-electron chi connectivity index (χ4n) is 2.42. The summed E-state index contributed by atoms with van der Waals surface area (Å²) >= 11 is 0. The zero-order valence-corrected chi connectivity index (χ0v) is 10.1. The lowest BCUT2D eigenvalue weighted by Crippen LogP contribution is -1.79. The minimum Gasteiger partial charge on any atom is -0.455 e. The zero-order chi connectivity index (χ0) is 12.7. The smallest absolute Gasteiger partial charge is 0.143 e. The first-order valence-electron chi connectivity index (χ1n) is 6.16. The van der Waals surface area contributed by atoms with Crippen molar-refractivity contribution in [1.82, 2.24) is 4.98 Å². The Labute approximate surface area is 110 Å². The fraction of sp³-hybridized carbons (Fsp3) is 0. The second-order valence-electron chi connectivity index (χ2n) is 4.44. The molecule has 4 rings (SSSR count). The minimum atomic E-state index is 0.869. The normalized spacial score (nSPS) is 11.2. The maximum absolute atomic E-state index is 5.98. The van der Waals surface area contributed by atoms with E-state index in [1.807, 2.05) is 42.6 Å². The molecule has 0 aliphatic heterocycles. The summed E-state index contributed by atoms with van der Waals surface area (Å²) in [7, 11) is 0. The molecule has 0 saturated carbocycles. The highest BCUT2D eigenvalue weighted by Gasteiger charge is 2.11. The molecule has 0 bridgehead atoms. The number of nitrogens with zero attached hydrogens (tertiary/aromatic N) is 1. The number of fused-ring (bicyclic) bond motifs is 3. The van der Waals surface area contributed by atoms with Gasteiger partial charge in [-0.25, -0.2) is 0 Å². The van der Waals surface area contributed by atoms with Crippen molar-refractivity contribution in [3.8, 4) is 11.1 Å². The predicted octanol–water partition coefficient (Wildman–Crippen LogP) is 4.45. The first-order chi connectivity index (χ1) is 9.43. The maximum atomic E-state index is 5.98. The Morgan fingerprint density at radius 1 is 1.00 bits per heavy atom. The van der Waals surface area contributed by atoms with Crippen molar-refractivity contribution in [1.29, 1.82) is 0 Å². The molecular formula is C17H10NO. The Bertz CT molecular complexity index is 862. The average molecular weight is 244 g/mol. The second kappa shape index (κ2) is 3.95. The quantitative estimate of drug-likeness (QED) is 0.494. The van der Waals surface area contributed by atoms with Crippen LogP contribution in [-0.2, 0) is 0 Å². The van der Waals surface area contributed by atoms with Crippen molar-refractivity contribution in [3.05, 3.63) is 67.0 Å². The largest absolute Gasteiger partial charge is 0.455 e. The number of pyridine rings is 1. The molecule has 1 radical (unpaired) electrons. The summed E-state index contributed by atoms with van der Waals surface area (Å²) in [5.41, 5.74) is 3.89. The molecule has 0 amide bonds. The van der Waals surface area contributed by atoms with Gasteiger partial charge in [-0.3, -0.25) is 4.98 Å². The molecule has 2 aromatic carbocycles. The van der Waals surface area contributed by atoms with Gasteiger partial charge in [-0.2, -0.15) is 0 Å². The third-order valence-electron chi connectivity index (χ3n) is 3.29. The summed E-state index contributed by atoms with van der Waals surface area (Å²) in [6.45, 7) is 0. The van der Waals surface area contributed by atoms with Crippen LogP contribution in [0.2, 0.25) is 0 Å². The molecule has 19 heavy (non-hydrogen) atoms. The van der Waals surface area contributed by atoms with Crippen molar-refractivity contribution < 1.29 is 4.42 Å². The molecule has 2 heteroatoms. The van der Waals surface area contributed by atoms with Crippen LogP contribution in [0.3, 0.4) is 0 Å². The van der Waals surface area contributed by atoms with Crippen LogP contribution in [-0.4, -0.2) is 4.98 Å². The molecule has 0 unspecified atom stereocenters. The molecular weight excluding hydrogens is 234 g/mol. The van der Waals surface area contributed by atoms with Crippen LogP contribution < -0.4 is 0 Å². The topological polar surface area (TPSA) is 26.0 Å². The van der Waals surface area contributed by atoms with Crippen molar-refractivity contribution in [2.24, 2.45) is 0 Å². The molecule has 0 N–H and O–H groups in total. The number of hydrogen-bond acceptors (Lipinski definition) is 2. The van der Waals surface area contributed by atoms with Gasteiger partial charge in [-0.1, -0.05) is 36.4 Å². The molecule has 0 saturated heterocycles. The van der Waals surface area contributed by atoms with E-state index >= 15 is 0 Å². The van der Waals surface area contributed by atoms with Crippen LogP contribution in [0.1, 0.15) is 0 Å². The number of hydrogen-bond donors (Lipinski definition) is 0. The van der Waals surface area contributed by atoms with Crippen molar-refractivity contribution in [2.45, 2.75) is 0 Å². The minimum absolute atomic E-state index is 0.869. The number of furan rings is 1. The maximum Gasteiger partial charge on any atom is 0.143 e. The van der Waals surface area contributed by atoms with Crippen LogP contribution in [0.4, 0.5) is 0 Å². The van der Waals surface area contributed by atoms with Crippen molar-refractivity contribution in [2.75, 3.05) is 0 Å². The Balaban J connectivity index is 2.13. The third-order valence-corrected chi connectivity index (χ3v) is 3.29. The first-order valence-corrected chi connectivity index (χ1v) is 6.16. The Kier molecular flexibility index (Phi) is 2.15. The highest BCUT2D eigenvalue weighted by Crippen LogP contribution is 2.34. The van der Waals surface area contributed by atoms with Gasteiger partial charge in [-0.05, 0) is 18.2 Å². The van der Waals surface area contributed by atoms with E-state index in [9.17, 15) is 0 Å². The van der Waals surface area contributed by atoms with E-state index in [-0.39, 0.29) is 0 Å². The summed E-state index contributed by atoms with van der Waals surface area (Å²) < 4.78 is 5.98. The lowest BCUT2D eigenvalue weighted by molar-refractivity contribution is 0.670. The first kappa shape index (κ1) is 10.3. The van der Waals surface area contributed by atoms with E-state index in [2.05, 4.69) is 23.2 Å². The number of benzene rings is 2. The predicted molar refractivity (Wildman–Crippen MR) is 75.8 cm³/mol. The lowest BCUT2D eigenvalue weighted by atomic mass is 10.0. The van der Waals surface area contributed by atoms with Gasteiger partial charge in [0, 0.05) is 34.3 Å². The van der Waals surface area contributed by atoms with Gasteiger partial charge in [-0.15, -0.1) is 0 Å². The van der Waals surface area contributed by atoms with Gasteiger partial charge >= 0.3 is 0 Å². The number of para-hydroxylation sites is 1. The molecule has 0 aliphatic carbocycles. The van der Waals surface area contributed by atoms with Gasteiger partial charge in [0.15, 0.2) is 0 Å². The second-order valence-corrected chi connectivity index (χ2v) is 4.44. The fourth-order valence-corrected chi connectivity index (χ4v) is 2.42. The average Bonchev–Trinajstić information content (AvgIpc) is 2.87. The van der Waals surface area contributed by atoms with Crippen LogP contribution in [0.5, 0.6) is 0 Å². The number of aromatic nitrogens is 1. The molecule has 4 aromatic rings. The molecule has 2 nitrogen and oxygen atoms in total. The van der Waals surface area contributed by atoms with Crippen molar-refractivity contribution in [3.63, 3.8) is 0 Å². The summed E-state index contributed by atoms with van der Waals surface area (Å²) in [5.74, 6) is 0. The summed E-state index contributed by atoms with van der Waals surface area (Å²) in [6, 6.07) is 19.2. The van der Waals surface area contributed by atoms with Gasteiger partial charge < -0.3 is 4.42 Å². The van der Waals surface area contributed by atoms with Crippen LogP contribution >= 0.6 is 0 Å². The zero-order valence-electron chi connectivity index (χ0n) is 10.1. The van der Waals surface area contributed by atoms with Gasteiger partial charge in [0.2, 0.25) is 0 Å². The van der Waals surface area contributed by atoms with E-state index in [0.717, 1.165) is 33.1 Å². The molecule has 0 aliphatic rings. The lowest BCUT2D eigenvalue weighted by Gasteiger charge is -2.01. The van der Waals surface area contributed by atoms with E-state index in [0.29, 0.717) is 0 Å². The highest BCUT2D eigenvalue weighted by molar-refractivity contribution is 6.09. The SMILES string of the molecule is [c]1cccc2oc3c(-c4cccnc4)cccc3c12. The molecule has 0 fully saturated rings. The van der Waals surface area contributed by atoms with Gasteiger partial charge in [0.25, 0.3) is 0 Å². The molecule has 0 spiro atoms. The Hall–Kier alpha value is -2.61. The number of rotatable bonds is 1. The van der Waals surface area contributed by atoms with Crippen LogP contribution in [0.15, 0.2) is 65.3 Å². The standard InChI is InChI=1S/C17H10NO/c1-2-9-16-14(6-1)15-8-3-7-13(17(15)19-16)12-5-4-10-18-11-12/h1-5,7-11H. The summed E-state index contributed by atoms with van der Waals surface area (Å²) in [6.07, 6.45) is 3.63. The van der Waals surface area contributed by atoms with Crippen LogP contribution in [0.25, 0.3) is 33.1 Å². The highest BCUT2D eigenvalue weighted by atomic mass is 16.3. The third kappa shape index (κ3) is 1.54. The monoisotopic (exact) mass is 244 g/mol. The molecule has 2 aromatic heterocycles. The molecule has 0 atom stereocenters. The van der Waals surface area contributed by atoms with E-state index in [1.165, 1.54) is 0 Å². The Morgan fingerprint density at radius 2 is 2.00 bits per heavy atom. The molecule has 89 valence electrons. The van der Waals surface area contributed by atoms with Gasteiger partial charge in [0.05, 0.1) is 0 Å². The molecule has 2 heterocycles. The van der Waals surface area contributed by atoms with Gasteiger partial charge in [0.1, 0.15) is 11.2 Å². The summed E-state index contributed by atoms with van der Waals surface area (Å²) in [5, 5.41) is 2.13. The van der Waals surface area contributed by atoms with E-state index < -0.39 is 0 Å². The summed E-state index contributed by atoms with van der Waals surface area (Å²) in [4.78, 5) is 4.17.